The van der Waals surface area contributed by atoms with E-state index >= 15 is 0 Å². The van der Waals surface area contributed by atoms with Gasteiger partial charge in [0.25, 0.3) is 5.91 Å². The van der Waals surface area contributed by atoms with Gasteiger partial charge in [0.1, 0.15) is 5.69 Å². The summed E-state index contributed by atoms with van der Waals surface area (Å²) in [5.41, 5.74) is 1.66. The number of fused-ring (bicyclic) bond motifs is 1. The molecule has 6 nitrogen and oxygen atoms in total. The Kier molecular flexibility index (Phi) is 3.04. The van der Waals surface area contributed by atoms with Gasteiger partial charge in [-0.1, -0.05) is 18.2 Å². The molecule has 2 N–H and O–H groups in total. The molecule has 3 aromatic rings. The quantitative estimate of drug-likeness (QED) is 0.763. The first-order valence-electron chi connectivity index (χ1n) is 6.03. The van der Waals surface area contributed by atoms with Crippen molar-refractivity contribution in [2.24, 2.45) is 0 Å². The van der Waals surface area contributed by atoms with Crippen LogP contribution in [0.3, 0.4) is 0 Å². The van der Waals surface area contributed by atoms with Gasteiger partial charge in [0, 0.05) is 11.6 Å². The monoisotopic (exact) mass is 268 g/mol. The second-order valence-electron chi connectivity index (χ2n) is 4.13. The molecule has 1 amide bonds. The third kappa shape index (κ3) is 2.07. The lowest BCUT2D eigenvalue weighted by Crippen LogP contribution is -2.13. The van der Waals surface area contributed by atoms with Crippen molar-refractivity contribution >= 4 is 22.5 Å². The van der Waals surface area contributed by atoms with E-state index in [-0.39, 0.29) is 5.91 Å². The Morgan fingerprint density at radius 3 is 2.95 bits per heavy atom. The van der Waals surface area contributed by atoms with Gasteiger partial charge < -0.3 is 10.1 Å². The van der Waals surface area contributed by atoms with Crippen LogP contribution < -0.4 is 10.1 Å². The second-order valence-corrected chi connectivity index (χ2v) is 4.13. The van der Waals surface area contributed by atoms with Gasteiger partial charge in [-0.25, -0.2) is 4.98 Å². The number of rotatable bonds is 3. The number of carbonyl (C=O) groups is 1. The average Bonchev–Trinajstić information content (AvgIpc) is 2.92. The van der Waals surface area contributed by atoms with E-state index in [1.807, 2.05) is 24.3 Å². The topological polar surface area (TPSA) is 79.9 Å². The first-order valence-corrected chi connectivity index (χ1v) is 6.03. The molecule has 0 saturated carbocycles. The number of anilines is 1. The number of ether oxygens (including phenoxy) is 1. The van der Waals surface area contributed by atoms with Crippen molar-refractivity contribution in [3.05, 3.63) is 48.3 Å². The van der Waals surface area contributed by atoms with Crippen LogP contribution in [0.15, 0.2) is 42.6 Å². The maximum atomic E-state index is 12.3. The molecule has 0 fully saturated rings. The highest BCUT2D eigenvalue weighted by atomic mass is 16.5. The SMILES string of the molecule is COc1ncccc1NC(=O)c1n[nH]c2ccccc12. The minimum atomic E-state index is -0.311. The van der Waals surface area contributed by atoms with Crippen molar-refractivity contribution in [1.82, 2.24) is 15.2 Å². The molecular formula is C14H12N4O2. The molecule has 0 unspecified atom stereocenters. The molecule has 6 heteroatoms. The van der Waals surface area contributed by atoms with Gasteiger partial charge in [0.15, 0.2) is 5.69 Å². The number of pyridine rings is 1. The molecule has 2 aromatic heterocycles. The number of carbonyl (C=O) groups excluding carboxylic acids is 1. The normalized spacial score (nSPS) is 10.4. The number of H-pyrrole nitrogens is 1. The van der Waals surface area contributed by atoms with Crippen LogP contribution in [0.25, 0.3) is 10.9 Å². The van der Waals surface area contributed by atoms with Crippen molar-refractivity contribution in [2.45, 2.75) is 0 Å². The first-order chi connectivity index (χ1) is 9.79. The zero-order valence-electron chi connectivity index (χ0n) is 10.8. The Morgan fingerprint density at radius 2 is 2.10 bits per heavy atom. The van der Waals surface area contributed by atoms with Crippen molar-refractivity contribution < 1.29 is 9.53 Å². The number of methoxy groups -OCH3 is 1. The Balaban J connectivity index is 1.93. The Morgan fingerprint density at radius 1 is 1.25 bits per heavy atom. The molecule has 0 aliphatic heterocycles. The molecule has 0 bridgehead atoms. The number of para-hydroxylation sites is 1. The zero-order valence-corrected chi connectivity index (χ0v) is 10.8. The van der Waals surface area contributed by atoms with Crippen LogP contribution in [0.4, 0.5) is 5.69 Å². The highest BCUT2D eigenvalue weighted by Gasteiger charge is 2.15. The lowest BCUT2D eigenvalue weighted by atomic mass is 10.2. The number of hydrogen-bond acceptors (Lipinski definition) is 4. The van der Waals surface area contributed by atoms with Crippen LogP contribution >= 0.6 is 0 Å². The van der Waals surface area contributed by atoms with E-state index in [0.717, 1.165) is 10.9 Å². The van der Waals surface area contributed by atoms with Gasteiger partial charge in [-0.2, -0.15) is 5.10 Å². The fourth-order valence-electron chi connectivity index (χ4n) is 1.97. The van der Waals surface area contributed by atoms with Crippen LogP contribution in [-0.4, -0.2) is 28.2 Å². The highest BCUT2D eigenvalue weighted by molar-refractivity contribution is 6.11. The number of nitrogens with zero attached hydrogens (tertiary/aromatic N) is 2. The maximum Gasteiger partial charge on any atom is 0.276 e. The molecule has 0 aliphatic rings. The van der Waals surface area contributed by atoms with Gasteiger partial charge in [0.05, 0.1) is 12.6 Å². The minimum absolute atomic E-state index is 0.311. The van der Waals surface area contributed by atoms with Crippen LogP contribution in [0.1, 0.15) is 10.5 Å². The van der Waals surface area contributed by atoms with E-state index in [4.69, 9.17) is 4.74 Å². The summed E-state index contributed by atoms with van der Waals surface area (Å²) in [5, 5.41) is 10.4. The number of benzene rings is 1. The molecular weight excluding hydrogens is 256 g/mol. The Bertz CT molecular complexity index is 766. The fraction of sp³-hybridized carbons (Fsp3) is 0.0714. The van der Waals surface area contributed by atoms with E-state index in [2.05, 4.69) is 20.5 Å². The Labute approximate surface area is 114 Å². The number of nitrogens with one attached hydrogen (secondary N) is 2. The number of aromatic nitrogens is 3. The summed E-state index contributed by atoms with van der Waals surface area (Å²) in [4.78, 5) is 16.3. The Hall–Kier alpha value is -2.89. The van der Waals surface area contributed by atoms with Gasteiger partial charge >= 0.3 is 0 Å². The average molecular weight is 268 g/mol. The second kappa shape index (κ2) is 5.00. The molecule has 0 saturated heterocycles. The summed E-state index contributed by atoms with van der Waals surface area (Å²) in [7, 11) is 1.50. The highest BCUT2D eigenvalue weighted by Crippen LogP contribution is 2.22. The molecule has 3 rings (SSSR count). The number of aromatic amines is 1. The summed E-state index contributed by atoms with van der Waals surface area (Å²) in [5.74, 6) is 0.0504. The van der Waals surface area contributed by atoms with Gasteiger partial charge in [-0.05, 0) is 18.2 Å². The van der Waals surface area contributed by atoms with E-state index in [0.29, 0.717) is 17.3 Å². The number of hydrogen-bond donors (Lipinski definition) is 2. The van der Waals surface area contributed by atoms with Gasteiger partial charge in [0.2, 0.25) is 5.88 Å². The summed E-state index contributed by atoms with van der Waals surface area (Å²) in [6, 6.07) is 10.9. The summed E-state index contributed by atoms with van der Waals surface area (Å²) in [6.45, 7) is 0. The lowest BCUT2D eigenvalue weighted by molar-refractivity contribution is 0.102. The molecule has 0 aliphatic carbocycles. The summed E-state index contributed by atoms with van der Waals surface area (Å²) < 4.78 is 5.10. The van der Waals surface area contributed by atoms with E-state index in [9.17, 15) is 4.79 Å². The third-order valence-electron chi connectivity index (χ3n) is 2.90. The molecule has 20 heavy (non-hydrogen) atoms. The largest absolute Gasteiger partial charge is 0.480 e. The van der Waals surface area contributed by atoms with Gasteiger partial charge in [-0.15, -0.1) is 0 Å². The van der Waals surface area contributed by atoms with Crippen LogP contribution in [0, 0.1) is 0 Å². The minimum Gasteiger partial charge on any atom is -0.480 e. The molecule has 1 aromatic carbocycles. The molecule has 100 valence electrons. The summed E-state index contributed by atoms with van der Waals surface area (Å²) in [6.07, 6.45) is 1.60. The van der Waals surface area contributed by atoms with E-state index in [1.54, 1.807) is 18.3 Å². The van der Waals surface area contributed by atoms with E-state index in [1.165, 1.54) is 7.11 Å². The molecule has 0 atom stereocenters. The smallest absolute Gasteiger partial charge is 0.276 e. The molecule has 0 spiro atoms. The number of amides is 1. The fourth-order valence-corrected chi connectivity index (χ4v) is 1.97. The predicted octanol–water partition coefficient (Wildman–Crippen LogP) is 2.22. The standard InChI is InChI=1S/C14H12N4O2/c1-20-14-11(7-4-8-15-14)16-13(19)12-9-5-2-3-6-10(9)17-18-12/h2-8H,1H3,(H,16,19)(H,17,18). The van der Waals surface area contributed by atoms with Crippen LogP contribution in [0.5, 0.6) is 5.88 Å². The van der Waals surface area contributed by atoms with Gasteiger partial charge in [-0.3, -0.25) is 9.89 Å². The van der Waals surface area contributed by atoms with Crippen LogP contribution in [-0.2, 0) is 0 Å². The molecule has 0 radical (unpaired) electrons. The summed E-state index contributed by atoms with van der Waals surface area (Å²) >= 11 is 0. The first kappa shape index (κ1) is 12.2. The predicted molar refractivity (Wildman–Crippen MR) is 74.8 cm³/mol. The van der Waals surface area contributed by atoms with E-state index < -0.39 is 0 Å². The van der Waals surface area contributed by atoms with Crippen LogP contribution in [0.2, 0.25) is 0 Å². The zero-order chi connectivity index (χ0) is 13.9. The van der Waals surface area contributed by atoms with Crippen molar-refractivity contribution in [1.29, 1.82) is 0 Å². The van der Waals surface area contributed by atoms with Crippen molar-refractivity contribution in [2.75, 3.05) is 12.4 Å². The lowest BCUT2D eigenvalue weighted by Gasteiger charge is -2.07. The maximum absolute atomic E-state index is 12.3. The van der Waals surface area contributed by atoms with Crippen molar-refractivity contribution in [3.8, 4) is 5.88 Å². The molecule has 2 heterocycles. The third-order valence-corrected chi connectivity index (χ3v) is 2.90. The van der Waals surface area contributed by atoms with Crippen molar-refractivity contribution in [3.63, 3.8) is 0 Å².